The zero-order valence-electron chi connectivity index (χ0n) is 14.9. The van der Waals surface area contributed by atoms with Crippen molar-refractivity contribution in [3.63, 3.8) is 0 Å². The molecule has 3 aromatic rings. The Labute approximate surface area is 166 Å². The lowest BCUT2D eigenvalue weighted by atomic mass is 10.2. The van der Waals surface area contributed by atoms with E-state index in [1.54, 1.807) is 18.4 Å². The molecule has 2 heterocycles. The van der Waals surface area contributed by atoms with Crippen molar-refractivity contribution in [3.8, 4) is 16.5 Å². The number of aromatic nitrogens is 3. The van der Waals surface area contributed by atoms with Crippen LogP contribution in [0.3, 0.4) is 0 Å². The predicted octanol–water partition coefficient (Wildman–Crippen LogP) is 3.83. The lowest BCUT2D eigenvalue weighted by Crippen LogP contribution is -2.34. The second-order valence-corrected chi connectivity index (χ2v) is 8.22. The van der Waals surface area contributed by atoms with Gasteiger partial charge in [0.05, 0.1) is 17.7 Å². The van der Waals surface area contributed by atoms with Crippen LogP contribution in [0, 0.1) is 0 Å². The summed E-state index contributed by atoms with van der Waals surface area (Å²) in [6, 6.07) is 12.2. The monoisotopic (exact) mass is 400 g/mol. The van der Waals surface area contributed by atoms with Gasteiger partial charge in [0.25, 0.3) is 0 Å². The molecule has 0 unspecified atom stereocenters. The largest absolute Gasteiger partial charge is 0.497 e. The molecule has 1 N–H and O–H groups in total. The highest BCUT2D eigenvalue weighted by molar-refractivity contribution is 7.99. The van der Waals surface area contributed by atoms with E-state index in [0.29, 0.717) is 23.5 Å². The third-order valence-electron chi connectivity index (χ3n) is 4.36. The molecule has 0 atom stereocenters. The van der Waals surface area contributed by atoms with Gasteiger partial charge in [-0.15, -0.1) is 16.4 Å². The van der Waals surface area contributed by atoms with E-state index >= 15 is 0 Å². The van der Waals surface area contributed by atoms with Crippen LogP contribution < -0.4 is 4.74 Å². The Hall–Kier alpha value is -2.32. The maximum Gasteiger partial charge on any atom is 0.233 e. The summed E-state index contributed by atoms with van der Waals surface area (Å²) in [5, 5.41) is 9.76. The van der Waals surface area contributed by atoms with Crippen molar-refractivity contribution in [3.05, 3.63) is 47.3 Å². The Morgan fingerprint density at radius 2 is 2.15 bits per heavy atom. The molecule has 0 spiro atoms. The van der Waals surface area contributed by atoms with Crippen LogP contribution in [0.1, 0.15) is 18.4 Å². The molecule has 1 fully saturated rings. The fraction of sp³-hybridized carbons (Fsp3) is 0.316. The van der Waals surface area contributed by atoms with Crippen LogP contribution in [0.4, 0.5) is 0 Å². The van der Waals surface area contributed by atoms with Crippen LogP contribution in [-0.4, -0.2) is 44.9 Å². The Morgan fingerprint density at radius 3 is 2.81 bits per heavy atom. The molecule has 1 aliphatic rings. The Kier molecular flexibility index (Phi) is 5.45. The summed E-state index contributed by atoms with van der Waals surface area (Å²) in [6.45, 7) is 0.627. The predicted molar refractivity (Wildman–Crippen MR) is 107 cm³/mol. The van der Waals surface area contributed by atoms with Gasteiger partial charge >= 0.3 is 0 Å². The summed E-state index contributed by atoms with van der Waals surface area (Å²) in [5.41, 5.74) is 1.11. The first-order valence-corrected chi connectivity index (χ1v) is 10.6. The number of thioether (sulfide) groups is 1. The Balaban J connectivity index is 1.36. The number of nitrogens with zero attached hydrogens (tertiary/aromatic N) is 3. The average molecular weight is 401 g/mol. The van der Waals surface area contributed by atoms with Gasteiger partial charge in [-0.2, -0.15) is 0 Å². The maximum atomic E-state index is 12.8. The van der Waals surface area contributed by atoms with E-state index < -0.39 is 0 Å². The maximum absolute atomic E-state index is 12.8. The number of H-pyrrole nitrogens is 1. The zero-order valence-corrected chi connectivity index (χ0v) is 16.6. The molecule has 1 aliphatic carbocycles. The van der Waals surface area contributed by atoms with E-state index in [0.717, 1.165) is 34.9 Å². The summed E-state index contributed by atoms with van der Waals surface area (Å²) in [6.07, 6.45) is 2.16. The van der Waals surface area contributed by atoms with Crippen molar-refractivity contribution < 1.29 is 9.53 Å². The molecule has 1 amide bonds. The van der Waals surface area contributed by atoms with Crippen molar-refractivity contribution in [2.75, 3.05) is 12.9 Å². The van der Waals surface area contributed by atoms with Gasteiger partial charge in [0, 0.05) is 12.6 Å². The van der Waals surface area contributed by atoms with Gasteiger partial charge in [-0.05, 0) is 42.0 Å². The van der Waals surface area contributed by atoms with Crippen molar-refractivity contribution in [1.29, 1.82) is 0 Å². The zero-order chi connectivity index (χ0) is 18.6. The number of thiophene rings is 1. The highest BCUT2D eigenvalue weighted by Gasteiger charge is 2.32. The molecule has 0 radical (unpaired) electrons. The number of benzene rings is 1. The van der Waals surface area contributed by atoms with Crippen molar-refractivity contribution >= 4 is 29.0 Å². The van der Waals surface area contributed by atoms with E-state index in [1.807, 2.05) is 46.7 Å². The van der Waals surface area contributed by atoms with E-state index in [1.165, 1.54) is 11.8 Å². The third-order valence-corrected chi connectivity index (χ3v) is 6.07. The molecule has 0 saturated heterocycles. The van der Waals surface area contributed by atoms with Crippen LogP contribution in [0.25, 0.3) is 10.7 Å². The van der Waals surface area contributed by atoms with E-state index in [2.05, 4.69) is 15.2 Å². The first-order valence-electron chi connectivity index (χ1n) is 8.74. The van der Waals surface area contributed by atoms with Crippen molar-refractivity contribution in [1.82, 2.24) is 20.1 Å². The molecular formula is C19H20N4O2S2. The fourth-order valence-electron chi connectivity index (χ4n) is 2.78. The van der Waals surface area contributed by atoms with Gasteiger partial charge < -0.3 is 9.64 Å². The van der Waals surface area contributed by atoms with Crippen LogP contribution in [0.5, 0.6) is 5.75 Å². The minimum atomic E-state index is 0.126. The quantitative estimate of drug-likeness (QED) is 0.582. The Bertz CT molecular complexity index is 889. The molecule has 1 aromatic carbocycles. The van der Waals surface area contributed by atoms with Gasteiger partial charge in [-0.3, -0.25) is 9.89 Å². The average Bonchev–Trinajstić information content (AvgIpc) is 3.19. The molecule has 1 saturated carbocycles. The number of carbonyl (C=O) groups excluding carboxylic acids is 1. The highest BCUT2D eigenvalue weighted by Crippen LogP contribution is 2.30. The molecule has 6 nitrogen and oxygen atoms in total. The standard InChI is InChI=1S/C19H20N4O2S2/c1-25-15-8-4-13(5-9-15)11-23(14-6-7-14)17(24)12-27-19-20-18(21-22-19)16-3-2-10-26-16/h2-5,8-10,14H,6-7,11-12H2,1H3,(H,20,21,22). The molecule has 0 bridgehead atoms. The topological polar surface area (TPSA) is 71.1 Å². The summed E-state index contributed by atoms with van der Waals surface area (Å²) in [7, 11) is 1.65. The van der Waals surface area contributed by atoms with Crippen LogP contribution in [0.2, 0.25) is 0 Å². The van der Waals surface area contributed by atoms with Gasteiger partial charge in [-0.1, -0.05) is 30.0 Å². The Morgan fingerprint density at radius 1 is 1.33 bits per heavy atom. The lowest BCUT2D eigenvalue weighted by Gasteiger charge is -2.22. The summed E-state index contributed by atoms with van der Waals surface area (Å²) >= 11 is 2.98. The van der Waals surface area contributed by atoms with Crippen LogP contribution >= 0.6 is 23.1 Å². The molecule has 8 heteroatoms. The SMILES string of the molecule is COc1ccc(CN(C(=O)CSc2n[nH]c(-c3cccs3)n2)C2CC2)cc1. The minimum absolute atomic E-state index is 0.126. The molecule has 0 aliphatic heterocycles. The number of hydrogen-bond donors (Lipinski definition) is 1. The molecule has 140 valence electrons. The highest BCUT2D eigenvalue weighted by atomic mass is 32.2. The van der Waals surface area contributed by atoms with E-state index in [4.69, 9.17) is 4.74 Å². The smallest absolute Gasteiger partial charge is 0.233 e. The van der Waals surface area contributed by atoms with Gasteiger partial charge in [0.15, 0.2) is 5.82 Å². The van der Waals surface area contributed by atoms with Gasteiger partial charge in [0.1, 0.15) is 5.75 Å². The van der Waals surface area contributed by atoms with Gasteiger partial charge in [0.2, 0.25) is 11.1 Å². The van der Waals surface area contributed by atoms with E-state index in [9.17, 15) is 4.79 Å². The lowest BCUT2D eigenvalue weighted by molar-refractivity contribution is -0.129. The summed E-state index contributed by atoms with van der Waals surface area (Å²) < 4.78 is 5.20. The first-order chi connectivity index (χ1) is 13.2. The van der Waals surface area contributed by atoms with Crippen LogP contribution in [-0.2, 0) is 11.3 Å². The first kappa shape index (κ1) is 18.1. The minimum Gasteiger partial charge on any atom is -0.497 e. The summed E-state index contributed by atoms with van der Waals surface area (Å²) in [4.78, 5) is 20.3. The fourth-order valence-corrected chi connectivity index (χ4v) is 4.13. The molecule has 4 rings (SSSR count). The van der Waals surface area contributed by atoms with Crippen molar-refractivity contribution in [2.45, 2.75) is 30.6 Å². The number of amides is 1. The van der Waals surface area contributed by atoms with E-state index in [-0.39, 0.29) is 5.91 Å². The van der Waals surface area contributed by atoms with Crippen LogP contribution in [0.15, 0.2) is 46.9 Å². The number of hydrogen-bond acceptors (Lipinski definition) is 6. The number of aromatic amines is 1. The molecule has 27 heavy (non-hydrogen) atoms. The molecular weight excluding hydrogens is 380 g/mol. The molecule has 2 aromatic heterocycles. The normalized spacial score (nSPS) is 13.5. The second-order valence-electron chi connectivity index (χ2n) is 6.33. The summed E-state index contributed by atoms with van der Waals surface area (Å²) in [5.74, 6) is 2.04. The second kappa shape index (κ2) is 8.14. The van der Waals surface area contributed by atoms with Crippen molar-refractivity contribution in [2.24, 2.45) is 0 Å². The number of ether oxygens (including phenoxy) is 1. The van der Waals surface area contributed by atoms with Gasteiger partial charge in [-0.25, -0.2) is 4.98 Å². The number of carbonyl (C=O) groups is 1. The number of methoxy groups -OCH3 is 1. The third kappa shape index (κ3) is 4.51. The number of nitrogens with one attached hydrogen (secondary N) is 1. The number of rotatable bonds is 8.